The van der Waals surface area contributed by atoms with E-state index in [2.05, 4.69) is 22.5 Å². The molecule has 0 radical (unpaired) electrons. The van der Waals surface area contributed by atoms with Crippen molar-refractivity contribution in [2.24, 2.45) is 5.92 Å². The van der Waals surface area contributed by atoms with Crippen molar-refractivity contribution in [2.45, 2.75) is 51.5 Å². The number of methoxy groups -OCH3 is 2. The molecule has 8 heteroatoms. The number of thiophene rings is 1. The lowest BCUT2D eigenvalue weighted by atomic mass is 9.85. The number of amides is 1. The Bertz CT molecular complexity index is 1180. The highest BCUT2D eigenvalue weighted by molar-refractivity contribution is 7.11. The van der Waals surface area contributed by atoms with Crippen LogP contribution in [0.3, 0.4) is 0 Å². The van der Waals surface area contributed by atoms with E-state index in [9.17, 15) is 4.79 Å². The zero-order valence-corrected chi connectivity index (χ0v) is 20.9. The Labute approximate surface area is 204 Å². The number of carbonyl (C=O) groups is 1. The van der Waals surface area contributed by atoms with E-state index in [1.807, 2.05) is 18.2 Å². The van der Waals surface area contributed by atoms with Crippen LogP contribution in [0.4, 0.5) is 5.82 Å². The van der Waals surface area contributed by atoms with E-state index in [0.717, 1.165) is 48.7 Å². The first-order chi connectivity index (χ1) is 16.6. The Balaban J connectivity index is 1.23. The van der Waals surface area contributed by atoms with Crippen molar-refractivity contribution in [2.75, 3.05) is 32.2 Å². The number of aryl methyl sites for hydroxylation is 1. The van der Waals surface area contributed by atoms with Gasteiger partial charge in [-0.2, -0.15) is 0 Å². The minimum absolute atomic E-state index is 0.0170. The van der Waals surface area contributed by atoms with Gasteiger partial charge in [0.05, 0.1) is 25.1 Å². The van der Waals surface area contributed by atoms with Gasteiger partial charge in [0.25, 0.3) is 0 Å². The fourth-order valence-corrected chi connectivity index (χ4v) is 5.64. The van der Waals surface area contributed by atoms with Gasteiger partial charge in [0.15, 0.2) is 11.5 Å². The lowest BCUT2D eigenvalue weighted by Crippen LogP contribution is -2.41. The minimum atomic E-state index is 0.0170. The third-order valence-corrected chi connectivity index (χ3v) is 8.08. The Morgan fingerprint density at radius 2 is 1.88 bits per heavy atom. The number of benzene rings is 1. The Morgan fingerprint density at radius 3 is 2.56 bits per heavy atom. The third kappa shape index (κ3) is 4.43. The number of aromatic nitrogens is 2. The van der Waals surface area contributed by atoms with E-state index in [1.54, 1.807) is 25.6 Å². The lowest BCUT2D eigenvalue weighted by molar-refractivity contribution is -0.125. The monoisotopic (exact) mass is 480 g/mol. The van der Waals surface area contributed by atoms with Crippen molar-refractivity contribution in [3.8, 4) is 11.5 Å². The van der Waals surface area contributed by atoms with Crippen LogP contribution in [0.5, 0.6) is 11.5 Å². The maximum Gasteiger partial charge on any atom is 0.223 e. The average molecular weight is 481 g/mol. The molecule has 3 aromatic rings. The van der Waals surface area contributed by atoms with Crippen molar-refractivity contribution in [3.05, 3.63) is 39.8 Å². The second-order valence-corrected chi connectivity index (χ2v) is 10.3. The first-order valence-corrected chi connectivity index (χ1v) is 12.9. The first-order valence-electron chi connectivity index (χ1n) is 12.1. The van der Waals surface area contributed by atoms with E-state index in [4.69, 9.17) is 19.4 Å². The number of carbonyl (C=O) groups excluding carboxylic acids is 1. The Hall–Kier alpha value is -2.87. The summed E-state index contributed by atoms with van der Waals surface area (Å²) >= 11 is 1.75. The second kappa shape index (κ2) is 9.78. The topological polar surface area (TPSA) is 76.6 Å². The number of anilines is 1. The Kier molecular flexibility index (Phi) is 6.59. The second-order valence-electron chi connectivity index (χ2n) is 9.25. The molecule has 2 aliphatic rings. The van der Waals surface area contributed by atoms with Gasteiger partial charge in [-0.1, -0.05) is 12.5 Å². The zero-order chi connectivity index (χ0) is 23.7. The number of nitrogens with one attached hydrogen (secondary N) is 1. The van der Waals surface area contributed by atoms with Gasteiger partial charge in [-0.05, 0) is 50.3 Å². The molecular weight excluding hydrogens is 448 g/mol. The summed E-state index contributed by atoms with van der Waals surface area (Å²) in [5.41, 5.74) is 2.06. The smallest absolute Gasteiger partial charge is 0.223 e. The summed E-state index contributed by atoms with van der Waals surface area (Å²) in [6, 6.07) is 5.73. The Morgan fingerprint density at radius 1 is 1.12 bits per heavy atom. The molecule has 7 nitrogen and oxygen atoms in total. The van der Waals surface area contributed by atoms with Gasteiger partial charge in [-0.25, -0.2) is 9.97 Å². The van der Waals surface area contributed by atoms with Gasteiger partial charge < -0.3 is 19.7 Å². The number of fused-ring (bicyclic) bond motifs is 1. The first kappa shape index (κ1) is 22.9. The summed E-state index contributed by atoms with van der Waals surface area (Å²) in [6.45, 7) is 4.29. The molecule has 3 heterocycles. The van der Waals surface area contributed by atoms with Crippen LogP contribution in [0.2, 0.25) is 0 Å². The molecule has 1 N–H and O–H groups in total. The van der Waals surface area contributed by atoms with Gasteiger partial charge in [-0.3, -0.25) is 4.79 Å². The molecule has 1 aliphatic heterocycles. The standard InChI is InChI=1S/C26H32N4O3S/c1-16-23-20(15-34-16)28-24(18-5-4-6-18)29-25(23)30-11-9-19(10-12-30)26(31)27-14-17-7-8-21(32-2)22(13-17)33-3/h7-8,13,15,18-19H,4-6,9-12,14H2,1-3H3,(H,27,31). The summed E-state index contributed by atoms with van der Waals surface area (Å²) < 4.78 is 10.7. The number of rotatable bonds is 7. The number of piperidine rings is 1. The van der Waals surface area contributed by atoms with E-state index in [0.29, 0.717) is 24.0 Å². The van der Waals surface area contributed by atoms with E-state index >= 15 is 0 Å². The predicted octanol–water partition coefficient (Wildman–Crippen LogP) is 4.82. The van der Waals surface area contributed by atoms with Gasteiger partial charge in [-0.15, -0.1) is 11.3 Å². The summed E-state index contributed by atoms with van der Waals surface area (Å²) in [5, 5.41) is 6.45. The average Bonchev–Trinajstić information content (AvgIpc) is 3.21. The predicted molar refractivity (Wildman–Crippen MR) is 135 cm³/mol. The molecule has 0 spiro atoms. The lowest BCUT2D eigenvalue weighted by Gasteiger charge is -2.33. The molecule has 1 amide bonds. The summed E-state index contributed by atoms with van der Waals surface area (Å²) in [7, 11) is 3.23. The van der Waals surface area contributed by atoms with Crippen LogP contribution >= 0.6 is 11.3 Å². The molecule has 0 bridgehead atoms. The van der Waals surface area contributed by atoms with Gasteiger partial charge in [0.1, 0.15) is 11.6 Å². The van der Waals surface area contributed by atoms with Crippen LogP contribution < -0.4 is 19.7 Å². The number of ether oxygens (including phenoxy) is 2. The van der Waals surface area contributed by atoms with Gasteiger partial charge in [0, 0.05) is 41.7 Å². The van der Waals surface area contributed by atoms with Gasteiger partial charge >= 0.3 is 0 Å². The van der Waals surface area contributed by atoms with Crippen molar-refractivity contribution in [1.29, 1.82) is 0 Å². The molecule has 5 rings (SSSR count). The van der Waals surface area contributed by atoms with E-state index < -0.39 is 0 Å². The van der Waals surface area contributed by atoms with Crippen molar-refractivity contribution >= 4 is 34.0 Å². The fraction of sp³-hybridized carbons (Fsp3) is 0.500. The third-order valence-electron chi connectivity index (χ3n) is 7.18. The number of nitrogens with zero attached hydrogens (tertiary/aromatic N) is 3. The highest BCUT2D eigenvalue weighted by Gasteiger charge is 2.29. The van der Waals surface area contributed by atoms with Crippen LogP contribution in [-0.2, 0) is 11.3 Å². The van der Waals surface area contributed by atoms with Crippen molar-refractivity contribution in [1.82, 2.24) is 15.3 Å². The molecule has 180 valence electrons. The maximum atomic E-state index is 12.9. The largest absolute Gasteiger partial charge is 0.493 e. The normalized spacial score (nSPS) is 17.0. The molecule has 2 fully saturated rings. The van der Waals surface area contributed by atoms with E-state index in [-0.39, 0.29) is 11.8 Å². The molecule has 34 heavy (non-hydrogen) atoms. The molecule has 2 aromatic heterocycles. The highest BCUT2D eigenvalue weighted by Crippen LogP contribution is 2.39. The summed E-state index contributed by atoms with van der Waals surface area (Å²) in [5.74, 6) is 4.06. The summed E-state index contributed by atoms with van der Waals surface area (Å²) in [6.07, 6.45) is 5.30. The van der Waals surface area contributed by atoms with E-state index in [1.165, 1.54) is 29.5 Å². The quantitative estimate of drug-likeness (QED) is 0.523. The molecular formula is C26H32N4O3S. The van der Waals surface area contributed by atoms with Crippen molar-refractivity contribution < 1.29 is 14.3 Å². The maximum absolute atomic E-state index is 12.9. The highest BCUT2D eigenvalue weighted by atomic mass is 32.1. The molecule has 1 saturated heterocycles. The SMILES string of the molecule is COc1ccc(CNC(=O)C2CCN(c3nc(C4CCC4)nc4csc(C)c34)CC2)cc1OC. The van der Waals surface area contributed by atoms with Crippen LogP contribution in [-0.4, -0.2) is 43.2 Å². The summed E-state index contributed by atoms with van der Waals surface area (Å²) in [4.78, 5) is 26.5. The molecule has 1 aliphatic carbocycles. The van der Waals surface area contributed by atoms with Gasteiger partial charge in [0.2, 0.25) is 5.91 Å². The molecule has 0 atom stereocenters. The molecule has 1 aromatic carbocycles. The molecule has 0 unspecified atom stereocenters. The van der Waals surface area contributed by atoms with Crippen molar-refractivity contribution in [3.63, 3.8) is 0 Å². The van der Waals surface area contributed by atoms with Crippen LogP contribution in [0.25, 0.3) is 10.9 Å². The molecule has 1 saturated carbocycles. The van der Waals surface area contributed by atoms with Crippen LogP contribution in [0, 0.1) is 12.8 Å². The minimum Gasteiger partial charge on any atom is -0.493 e. The number of hydrogen-bond donors (Lipinski definition) is 1. The zero-order valence-electron chi connectivity index (χ0n) is 20.1. The van der Waals surface area contributed by atoms with Crippen LogP contribution in [0.15, 0.2) is 23.6 Å². The number of hydrogen-bond acceptors (Lipinski definition) is 7. The van der Waals surface area contributed by atoms with Crippen LogP contribution in [0.1, 0.15) is 54.3 Å². The fourth-order valence-electron chi connectivity index (χ4n) is 4.86.